The number of nitrogens with zero attached hydrogens (tertiary/aromatic N) is 1. The molecule has 2 heterocycles. The van der Waals surface area contributed by atoms with Crippen LogP contribution >= 0.6 is 45.9 Å². The fourth-order valence-corrected chi connectivity index (χ4v) is 5.45. The molecule has 0 bridgehead atoms. The monoisotopic (exact) mass is 586 g/mol. The zero-order chi connectivity index (χ0) is 27.4. The average molecular weight is 588 g/mol. The first kappa shape index (κ1) is 27.3. The standard InChI is InChI=1S/C26H20Cl2N4O4S2/c1-13(17-12-37-23(22(17)33)16-6-7-18(27)19(28)10-16)31-32-26(36)21-9-8-20(38-21)25(35)30-11-14-2-4-15(5-3-14)24(29)34/h2-10,12,33H,11H2,1H3,(H2,29,34)(H,30,35)(H,32,36). The number of benzene rings is 2. The Morgan fingerprint density at radius 2 is 1.66 bits per heavy atom. The van der Waals surface area contributed by atoms with E-state index >= 15 is 0 Å². The Bertz CT molecular complexity index is 1560. The van der Waals surface area contributed by atoms with Crippen molar-refractivity contribution in [1.82, 2.24) is 10.7 Å². The van der Waals surface area contributed by atoms with Crippen LogP contribution in [0.1, 0.15) is 47.8 Å². The third-order valence-electron chi connectivity index (χ3n) is 5.41. The maximum atomic E-state index is 12.6. The van der Waals surface area contributed by atoms with Crippen LogP contribution in [0, 0.1) is 0 Å². The lowest BCUT2D eigenvalue weighted by Gasteiger charge is -2.05. The summed E-state index contributed by atoms with van der Waals surface area (Å²) in [6.45, 7) is 1.90. The molecule has 0 saturated heterocycles. The van der Waals surface area contributed by atoms with Gasteiger partial charge in [0, 0.05) is 17.5 Å². The first-order valence-electron chi connectivity index (χ1n) is 11.0. The molecule has 0 spiro atoms. The van der Waals surface area contributed by atoms with Crippen molar-refractivity contribution in [2.45, 2.75) is 13.5 Å². The molecule has 194 valence electrons. The van der Waals surface area contributed by atoms with Gasteiger partial charge in [-0.2, -0.15) is 5.10 Å². The maximum Gasteiger partial charge on any atom is 0.281 e. The van der Waals surface area contributed by atoms with Gasteiger partial charge in [0.25, 0.3) is 11.8 Å². The van der Waals surface area contributed by atoms with Crippen molar-refractivity contribution in [2.24, 2.45) is 10.8 Å². The van der Waals surface area contributed by atoms with Crippen LogP contribution in [-0.2, 0) is 6.54 Å². The lowest BCUT2D eigenvalue weighted by molar-refractivity contribution is 0.0950. The average Bonchev–Trinajstić information content (AvgIpc) is 3.55. The number of thiophene rings is 2. The number of hydrazone groups is 1. The van der Waals surface area contributed by atoms with Crippen LogP contribution < -0.4 is 16.5 Å². The van der Waals surface area contributed by atoms with Gasteiger partial charge in [-0.05, 0) is 54.4 Å². The fourth-order valence-electron chi connectivity index (χ4n) is 3.34. The van der Waals surface area contributed by atoms with Crippen LogP contribution in [0.4, 0.5) is 0 Å². The molecular weight excluding hydrogens is 567 g/mol. The van der Waals surface area contributed by atoms with Gasteiger partial charge in [-0.25, -0.2) is 5.43 Å². The molecule has 12 heteroatoms. The Morgan fingerprint density at radius 3 is 2.32 bits per heavy atom. The number of aromatic hydroxyl groups is 1. The summed E-state index contributed by atoms with van der Waals surface area (Å²) in [4.78, 5) is 37.5. The van der Waals surface area contributed by atoms with Crippen LogP contribution in [-0.4, -0.2) is 28.5 Å². The van der Waals surface area contributed by atoms with Crippen molar-refractivity contribution < 1.29 is 19.5 Å². The minimum atomic E-state index is -0.523. The third kappa shape index (κ3) is 6.22. The van der Waals surface area contributed by atoms with Crippen LogP contribution in [0.2, 0.25) is 10.0 Å². The van der Waals surface area contributed by atoms with E-state index in [1.165, 1.54) is 17.4 Å². The molecule has 0 unspecified atom stereocenters. The SMILES string of the molecule is CC(=NNC(=O)c1ccc(C(=O)NCc2ccc(C(N)=O)cc2)s1)c1csc(-c2ccc(Cl)c(Cl)c2)c1O. The molecule has 2 aromatic carbocycles. The van der Waals surface area contributed by atoms with E-state index in [-0.39, 0.29) is 18.2 Å². The molecule has 4 rings (SSSR count). The van der Waals surface area contributed by atoms with E-state index in [0.717, 1.165) is 16.9 Å². The zero-order valence-electron chi connectivity index (χ0n) is 19.7. The van der Waals surface area contributed by atoms with Crippen molar-refractivity contribution in [2.75, 3.05) is 0 Å². The largest absolute Gasteiger partial charge is 0.506 e. The zero-order valence-corrected chi connectivity index (χ0v) is 22.9. The summed E-state index contributed by atoms with van der Waals surface area (Å²) in [5, 5.41) is 20.1. The highest BCUT2D eigenvalue weighted by atomic mass is 35.5. The summed E-state index contributed by atoms with van der Waals surface area (Å²) in [5.41, 5.74) is 10.4. The Balaban J connectivity index is 1.37. The molecule has 38 heavy (non-hydrogen) atoms. The number of carbonyl (C=O) groups excluding carboxylic acids is 3. The van der Waals surface area contributed by atoms with E-state index in [2.05, 4.69) is 15.8 Å². The van der Waals surface area contributed by atoms with Gasteiger partial charge in [-0.3, -0.25) is 14.4 Å². The van der Waals surface area contributed by atoms with Gasteiger partial charge in [0.2, 0.25) is 5.91 Å². The molecule has 0 aliphatic heterocycles. The number of halogens is 2. The van der Waals surface area contributed by atoms with Gasteiger partial charge in [0.05, 0.1) is 36.0 Å². The fraction of sp³-hybridized carbons (Fsp3) is 0.0769. The second-order valence-electron chi connectivity index (χ2n) is 8.00. The van der Waals surface area contributed by atoms with E-state index < -0.39 is 11.8 Å². The Hall–Kier alpha value is -3.70. The molecule has 4 aromatic rings. The molecule has 0 fully saturated rings. The molecule has 0 aliphatic rings. The Labute approximate surface area is 235 Å². The molecule has 0 saturated carbocycles. The molecule has 2 aromatic heterocycles. The molecular formula is C26H20Cl2N4O4S2. The lowest BCUT2D eigenvalue weighted by atomic mass is 10.1. The van der Waals surface area contributed by atoms with Crippen molar-refractivity contribution in [3.8, 4) is 16.2 Å². The summed E-state index contributed by atoms with van der Waals surface area (Å²) in [5.74, 6) is -1.34. The van der Waals surface area contributed by atoms with E-state index in [9.17, 15) is 19.5 Å². The van der Waals surface area contributed by atoms with E-state index in [4.69, 9.17) is 28.9 Å². The predicted octanol–water partition coefficient (Wildman–Crippen LogP) is 5.67. The van der Waals surface area contributed by atoms with Crippen LogP contribution in [0.25, 0.3) is 10.4 Å². The molecule has 8 nitrogen and oxygen atoms in total. The minimum Gasteiger partial charge on any atom is -0.506 e. The van der Waals surface area contributed by atoms with Gasteiger partial charge < -0.3 is 16.2 Å². The lowest BCUT2D eigenvalue weighted by Crippen LogP contribution is -2.22. The second-order valence-corrected chi connectivity index (χ2v) is 10.8. The summed E-state index contributed by atoms with van der Waals surface area (Å²) < 4.78 is 0. The third-order valence-corrected chi connectivity index (χ3v) is 8.25. The number of nitrogens with two attached hydrogens (primary N) is 1. The van der Waals surface area contributed by atoms with Crippen molar-refractivity contribution in [3.05, 3.63) is 96.5 Å². The van der Waals surface area contributed by atoms with Crippen LogP contribution in [0.15, 0.2) is 65.1 Å². The molecule has 0 atom stereocenters. The normalized spacial score (nSPS) is 11.3. The summed E-state index contributed by atoms with van der Waals surface area (Å²) in [7, 11) is 0. The Morgan fingerprint density at radius 1 is 0.974 bits per heavy atom. The van der Waals surface area contributed by atoms with Gasteiger partial charge in [0.15, 0.2) is 0 Å². The predicted molar refractivity (Wildman–Crippen MR) is 152 cm³/mol. The van der Waals surface area contributed by atoms with Crippen molar-refractivity contribution >= 4 is 69.3 Å². The number of hydrogen-bond donors (Lipinski definition) is 4. The molecule has 3 amide bonds. The number of hydrogen-bond acceptors (Lipinski definition) is 7. The number of primary amides is 1. The molecule has 0 radical (unpaired) electrons. The topological polar surface area (TPSA) is 134 Å². The smallest absolute Gasteiger partial charge is 0.281 e. The molecule has 5 N–H and O–H groups in total. The number of amides is 3. The first-order chi connectivity index (χ1) is 18.1. The summed E-state index contributed by atoms with van der Waals surface area (Å²) >= 11 is 14.4. The van der Waals surface area contributed by atoms with Gasteiger partial charge in [-0.15, -0.1) is 22.7 Å². The quantitative estimate of drug-likeness (QED) is 0.156. The van der Waals surface area contributed by atoms with Gasteiger partial charge in [-0.1, -0.05) is 41.4 Å². The first-order valence-corrected chi connectivity index (χ1v) is 13.5. The summed E-state index contributed by atoms with van der Waals surface area (Å²) in [6, 6.07) is 14.7. The second kappa shape index (κ2) is 11.8. The number of nitrogens with one attached hydrogen (secondary N) is 2. The highest BCUT2D eigenvalue weighted by Gasteiger charge is 2.17. The van der Waals surface area contributed by atoms with Crippen LogP contribution in [0.3, 0.4) is 0 Å². The van der Waals surface area contributed by atoms with Crippen LogP contribution in [0.5, 0.6) is 5.75 Å². The van der Waals surface area contributed by atoms with Crippen molar-refractivity contribution in [1.29, 1.82) is 0 Å². The maximum absolute atomic E-state index is 12.6. The molecule has 0 aliphatic carbocycles. The number of carbonyl (C=O) groups is 3. The van der Waals surface area contributed by atoms with Crippen molar-refractivity contribution in [3.63, 3.8) is 0 Å². The van der Waals surface area contributed by atoms with E-state index in [1.807, 2.05) is 0 Å². The van der Waals surface area contributed by atoms with Gasteiger partial charge in [0.1, 0.15) is 5.75 Å². The Kier molecular flexibility index (Phi) is 8.48. The summed E-state index contributed by atoms with van der Waals surface area (Å²) in [6.07, 6.45) is 0. The number of rotatable bonds is 8. The van der Waals surface area contributed by atoms with E-state index in [0.29, 0.717) is 47.1 Å². The van der Waals surface area contributed by atoms with Gasteiger partial charge >= 0.3 is 0 Å². The highest BCUT2D eigenvalue weighted by molar-refractivity contribution is 7.16. The van der Waals surface area contributed by atoms with E-state index in [1.54, 1.807) is 60.8 Å². The minimum absolute atomic E-state index is 0.0169. The highest BCUT2D eigenvalue weighted by Crippen LogP contribution is 2.40.